The lowest BCUT2D eigenvalue weighted by atomic mass is 10.2. The van der Waals surface area contributed by atoms with Gasteiger partial charge >= 0.3 is 0 Å². The first-order chi connectivity index (χ1) is 6.22. The van der Waals surface area contributed by atoms with E-state index in [4.69, 9.17) is 5.11 Å². The van der Waals surface area contributed by atoms with Crippen LogP contribution in [0.5, 0.6) is 5.75 Å². The van der Waals surface area contributed by atoms with Crippen molar-refractivity contribution in [3.63, 3.8) is 0 Å². The molecule has 0 aromatic heterocycles. The third-order valence-corrected chi connectivity index (χ3v) is 1.12. The van der Waals surface area contributed by atoms with E-state index in [1.807, 2.05) is 39.0 Å². The third kappa shape index (κ3) is 8.93. The van der Waals surface area contributed by atoms with Gasteiger partial charge in [-0.2, -0.15) is 0 Å². The van der Waals surface area contributed by atoms with Crippen LogP contribution in [0.1, 0.15) is 39.7 Å². The van der Waals surface area contributed by atoms with Crippen LogP contribution in [0.4, 0.5) is 0 Å². The second-order valence-electron chi connectivity index (χ2n) is 2.49. The SMILES string of the molecule is CC.CCC.Cc1ccccc1O. The highest BCUT2D eigenvalue weighted by atomic mass is 16.3. The molecular formula is C12H22O. The average Bonchev–Trinajstić information content (AvgIpc) is 2.15. The number of phenolic OH excluding ortho intramolecular Hbond substituents is 1. The van der Waals surface area contributed by atoms with Gasteiger partial charge in [-0.25, -0.2) is 0 Å². The zero-order valence-electron chi connectivity index (χ0n) is 9.46. The van der Waals surface area contributed by atoms with E-state index in [1.54, 1.807) is 6.07 Å². The highest BCUT2D eigenvalue weighted by Gasteiger charge is 1.86. The number of aromatic hydroxyl groups is 1. The van der Waals surface area contributed by atoms with Crippen molar-refractivity contribution in [1.82, 2.24) is 0 Å². The Balaban J connectivity index is 0. The van der Waals surface area contributed by atoms with Crippen molar-refractivity contribution in [2.24, 2.45) is 0 Å². The maximum absolute atomic E-state index is 8.92. The molecule has 1 rings (SSSR count). The fourth-order valence-electron chi connectivity index (χ4n) is 0.563. The van der Waals surface area contributed by atoms with Gasteiger partial charge in [-0.3, -0.25) is 0 Å². The molecule has 1 aromatic carbocycles. The molecule has 0 heterocycles. The van der Waals surface area contributed by atoms with Crippen molar-refractivity contribution >= 4 is 0 Å². The molecule has 0 aliphatic rings. The van der Waals surface area contributed by atoms with Gasteiger partial charge in [0.1, 0.15) is 5.75 Å². The molecule has 1 heteroatoms. The molecule has 0 fully saturated rings. The van der Waals surface area contributed by atoms with E-state index >= 15 is 0 Å². The summed E-state index contributed by atoms with van der Waals surface area (Å²) in [6.07, 6.45) is 1.25. The summed E-state index contributed by atoms with van der Waals surface area (Å²) in [5.41, 5.74) is 0.924. The van der Waals surface area contributed by atoms with E-state index in [1.165, 1.54) is 6.42 Å². The van der Waals surface area contributed by atoms with Crippen LogP contribution in [0.2, 0.25) is 0 Å². The Morgan fingerprint density at radius 1 is 1.08 bits per heavy atom. The molecule has 0 aliphatic carbocycles. The summed E-state index contributed by atoms with van der Waals surface area (Å²) < 4.78 is 0. The average molecular weight is 182 g/mol. The lowest BCUT2D eigenvalue weighted by molar-refractivity contribution is 0.471. The minimum absolute atomic E-state index is 0.368. The van der Waals surface area contributed by atoms with Crippen LogP contribution >= 0.6 is 0 Å². The summed E-state index contributed by atoms with van der Waals surface area (Å²) in [5, 5.41) is 8.92. The van der Waals surface area contributed by atoms with Crippen LogP contribution in [0.15, 0.2) is 24.3 Å². The minimum atomic E-state index is 0.368. The summed E-state index contributed by atoms with van der Waals surface area (Å²) >= 11 is 0. The van der Waals surface area contributed by atoms with Crippen LogP contribution < -0.4 is 0 Å². The zero-order chi connectivity index (χ0) is 10.7. The third-order valence-electron chi connectivity index (χ3n) is 1.12. The quantitative estimate of drug-likeness (QED) is 0.639. The molecule has 0 saturated carbocycles. The normalized spacial score (nSPS) is 7.46. The second-order valence-corrected chi connectivity index (χ2v) is 2.49. The standard InChI is InChI=1S/C7H8O.C3H8.C2H6/c1-6-4-2-3-5-7(6)8;1-3-2;1-2/h2-5,8H,1H3;3H2,1-2H3;1-2H3. The van der Waals surface area contributed by atoms with Gasteiger partial charge in [-0.1, -0.05) is 52.3 Å². The lowest BCUT2D eigenvalue weighted by Gasteiger charge is -1.92. The molecular weight excluding hydrogens is 160 g/mol. The molecule has 1 aromatic rings. The van der Waals surface area contributed by atoms with E-state index in [-0.39, 0.29) is 0 Å². The molecule has 0 unspecified atom stereocenters. The zero-order valence-corrected chi connectivity index (χ0v) is 9.46. The number of aryl methyl sites for hydroxylation is 1. The van der Waals surface area contributed by atoms with E-state index < -0.39 is 0 Å². The summed E-state index contributed by atoms with van der Waals surface area (Å²) in [4.78, 5) is 0. The molecule has 0 spiro atoms. The monoisotopic (exact) mass is 182 g/mol. The number of para-hydroxylation sites is 1. The molecule has 1 N–H and O–H groups in total. The van der Waals surface area contributed by atoms with Crippen molar-refractivity contribution in [1.29, 1.82) is 0 Å². The van der Waals surface area contributed by atoms with Gasteiger partial charge in [0.15, 0.2) is 0 Å². The van der Waals surface area contributed by atoms with Gasteiger partial charge in [-0.15, -0.1) is 0 Å². The summed E-state index contributed by atoms with van der Waals surface area (Å²) in [7, 11) is 0. The number of phenols is 1. The fraction of sp³-hybridized carbons (Fsp3) is 0.500. The van der Waals surface area contributed by atoms with Gasteiger partial charge in [-0.05, 0) is 18.6 Å². The molecule has 76 valence electrons. The number of hydrogen-bond acceptors (Lipinski definition) is 1. The molecule has 0 atom stereocenters. The summed E-state index contributed by atoms with van der Waals surface area (Å²) in [6, 6.07) is 7.25. The highest BCUT2D eigenvalue weighted by Crippen LogP contribution is 2.12. The van der Waals surface area contributed by atoms with Gasteiger partial charge < -0.3 is 5.11 Å². The Morgan fingerprint density at radius 2 is 1.46 bits per heavy atom. The van der Waals surface area contributed by atoms with Crippen molar-refractivity contribution < 1.29 is 5.11 Å². The van der Waals surface area contributed by atoms with Crippen LogP contribution in [-0.4, -0.2) is 5.11 Å². The fourth-order valence-corrected chi connectivity index (χ4v) is 0.563. The van der Waals surface area contributed by atoms with Gasteiger partial charge in [0.25, 0.3) is 0 Å². The van der Waals surface area contributed by atoms with Gasteiger partial charge in [0.05, 0.1) is 0 Å². The largest absolute Gasteiger partial charge is 0.508 e. The Kier molecular flexibility index (Phi) is 12.3. The number of benzene rings is 1. The maximum Gasteiger partial charge on any atom is 0.118 e. The first-order valence-corrected chi connectivity index (χ1v) is 4.97. The second kappa shape index (κ2) is 11.0. The predicted octanol–water partition coefficient (Wildman–Crippen LogP) is 4.14. The number of rotatable bonds is 0. The molecule has 0 saturated heterocycles. The number of hydrogen-bond donors (Lipinski definition) is 1. The van der Waals surface area contributed by atoms with Gasteiger partial charge in [0, 0.05) is 0 Å². The van der Waals surface area contributed by atoms with Crippen LogP contribution in [0, 0.1) is 6.92 Å². The molecule has 13 heavy (non-hydrogen) atoms. The molecule has 0 aliphatic heterocycles. The predicted molar refractivity (Wildman–Crippen MR) is 60.2 cm³/mol. The molecule has 0 bridgehead atoms. The molecule has 1 nitrogen and oxygen atoms in total. The van der Waals surface area contributed by atoms with Crippen molar-refractivity contribution in [2.75, 3.05) is 0 Å². The molecule has 0 amide bonds. The molecule has 0 radical (unpaired) electrons. The Hall–Kier alpha value is -0.980. The van der Waals surface area contributed by atoms with E-state index in [2.05, 4.69) is 13.8 Å². The van der Waals surface area contributed by atoms with Crippen molar-refractivity contribution in [3.8, 4) is 5.75 Å². The van der Waals surface area contributed by atoms with Crippen LogP contribution in [0.3, 0.4) is 0 Å². The van der Waals surface area contributed by atoms with Crippen molar-refractivity contribution in [2.45, 2.75) is 41.0 Å². The Morgan fingerprint density at radius 3 is 1.69 bits per heavy atom. The van der Waals surface area contributed by atoms with E-state index in [0.717, 1.165) is 5.56 Å². The summed E-state index contributed by atoms with van der Waals surface area (Å²) in [6.45, 7) is 10.1. The van der Waals surface area contributed by atoms with E-state index in [9.17, 15) is 0 Å². The first-order valence-electron chi connectivity index (χ1n) is 4.97. The Labute approximate surface area is 82.4 Å². The highest BCUT2D eigenvalue weighted by molar-refractivity contribution is 5.29. The van der Waals surface area contributed by atoms with E-state index in [0.29, 0.717) is 5.75 Å². The van der Waals surface area contributed by atoms with Crippen LogP contribution in [0.25, 0.3) is 0 Å². The topological polar surface area (TPSA) is 20.2 Å². The first kappa shape index (κ1) is 14.5. The Bertz CT molecular complexity index is 173. The summed E-state index contributed by atoms with van der Waals surface area (Å²) in [5.74, 6) is 0.368. The van der Waals surface area contributed by atoms with Crippen LogP contribution in [-0.2, 0) is 0 Å². The minimum Gasteiger partial charge on any atom is -0.508 e. The van der Waals surface area contributed by atoms with Crippen molar-refractivity contribution in [3.05, 3.63) is 29.8 Å². The smallest absolute Gasteiger partial charge is 0.118 e. The van der Waals surface area contributed by atoms with Gasteiger partial charge in [0.2, 0.25) is 0 Å². The maximum atomic E-state index is 8.92. The lowest BCUT2D eigenvalue weighted by Crippen LogP contribution is -1.68.